The maximum Gasteiger partial charge on any atom is 0.251 e. The second-order valence-electron chi connectivity index (χ2n) is 2.69. The third kappa shape index (κ3) is 3.95. The van der Waals surface area contributed by atoms with Crippen LogP contribution in [0.5, 0.6) is 0 Å². The molecule has 0 saturated heterocycles. The lowest BCUT2D eigenvalue weighted by Crippen LogP contribution is -2.43. The van der Waals surface area contributed by atoms with Crippen LogP contribution in [0.1, 0.15) is 6.92 Å². The molecule has 0 radical (unpaired) electrons. The summed E-state index contributed by atoms with van der Waals surface area (Å²) < 4.78 is 10.1. The number of aliphatic imine (C=N–C) groups is 1. The lowest BCUT2D eigenvalue weighted by Gasteiger charge is -2.27. The zero-order valence-corrected chi connectivity index (χ0v) is 8.56. The van der Waals surface area contributed by atoms with Gasteiger partial charge in [0.05, 0.1) is 13.3 Å². The smallest absolute Gasteiger partial charge is 0.251 e. The molecular weight excluding hydrogens is 192 g/mol. The van der Waals surface area contributed by atoms with Gasteiger partial charge in [-0.3, -0.25) is 5.32 Å². The fourth-order valence-corrected chi connectivity index (χ4v) is 1.52. The predicted octanol–water partition coefficient (Wildman–Crippen LogP) is -0.0347. The molecule has 5 nitrogen and oxygen atoms in total. The van der Waals surface area contributed by atoms with Crippen molar-refractivity contribution in [3.05, 3.63) is 0 Å². The van der Waals surface area contributed by atoms with Crippen molar-refractivity contribution in [1.82, 2.24) is 5.32 Å². The van der Waals surface area contributed by atoms with Gasteiger partial charge in [-0.1, -0.05) is 0 Å². The van der Waals surface area contributed by atoms with Crippen molar-refractivity contribution in [2.75, 3.05) is 27.0 Å². The Labute approximate surface area is 81.5 Å². The van der Waals surface area contributed by atoms with Crippen molar-refractivity contribution in [3.8, 4) is 0 Å². The van der Waals surface area contributed by atoms with Gasteiger partial charge in [0, 0.05) is 7.11 Å². The van der Waals surface area contributed by atoms with Gasteiger partial charge in [-0.05, 0) is 18.7 Å². The molecule has 0 amide bonds. The van der Waals surface area contributed by atoms with Gasteiger partial charge in [0.25, 0.3) is 5.23 Å². The molecule has 0 aromatic heterocycles. The Bertz CT molecular complexity index is 196. The van der Waals surface area contributed by atoms with Crippen LogP contribution >= 0.6 is 11.8 Å². The van der Waals surface area contributed by atoms with Gasteiger partial charge < -0.3 is 14.6 Å². The highest BCUT2D eigenvalue weighted by molar-refractivity contribution is 8.14. The molecule has 0 aromatic rings. The molecule has 1 atom stereocenters. The number of nitrogens with zero attached hydrogens (tertiary/aromatic N) is 1. The average molecular weight is 206 g/mol. The topological polar surface area (TPSA) is 63.1 Å². The first-order chi connectivity index (χ1) is 6.14. The van der Waals surface area contributed by atoms with E-state index in [4.69, 9.17) is 9.47 Å². The molecule has 6 heteroatoms. The molecule has 1 heterocycles. The molecule has 0 bridgehead atoms. The summed E-state index contributed by atoms with van der Waals surface area (Å²) in [6.45, 7) is 3.02. The number of hydrogen-bond donors (Lipinski definition) is 2. The van der Waals surface area contributed by atoms with E-state index in [1.54, 1.807) is 14.0 Å². The van der Waals surface area contributed by atoms with Crippen molar-refractivity contribution >= 4 is 17.0 Å². The minimum absolute atomic E-state index is 0.377. The molecule has 0 saturated carbocycles. The molecule has 2 N–H and O–H groups in total. The summed E-state index contributed by atoms with van der Waals surface area (Å²) >= 11 is 1.16. The van der Waals surface area contributed by atoms with Gasteiger partial charge in [0.1, 0.15) is 6.61 Å². The van der Waals surface area contributed by atoms with Crippen molar-refractivity contribution < 1.29 is 14.6 Å². The Kier molecular flexibility index (Phi) is 3.98. The average Bonchev–Trinajstić information content (AvgIpc) is 2.03. The third-order valence-electron chi connectivity index (χ3n) is 1.41. The van der Waals surface area contributed by atoms with Crippen LogP contribution in [0.15, 0.2) is 4.99 Å². The summed E-state index contributed by atoms with van der Waals surface area (Å²) in [5.41, 5.74) is 0. The number of thioether (sulfide) groups is 1. The predicted molar refractivity (Wildman–Crippen MR) is 51.5 cm³/mol. The minimum Gasteiger partial charge on any atom is -0.470 e. The highest BCUT2D eigenvalue weighted by Crippen LogP contribution is 2.23. The van der Waals surface area contributed by atoms with E-state index >= 15 is 0 Å². The molecule has 0 spiro atoms. The SMILES string of the molecule is COCCOC1=NCNC(C)(O)S1. The first kappa shape index (κ1) is 10.8. The zero-order chi connectivity index (χ0) is 9.73. The van der Waals surface area contributed by atoms with Crippen molar-refractivity contribution in [2.45, 2.75) is 12.0 Å². The number of nitrogens with one attached hydrogen (secondary N) is 1. The van der Waals surface area contributed by atoms with Crippen LogP contribution in [-0.2, 0) is 9.47 Å². The molecule has 0 aromatic carbocycles. The van der Waals surface area contributed by atoms with Gasteiger partial charge in [-0.25, -0.2) is 4.99 Å². The van der Waals surface area contributed by atoms with Gasteiger partial charge in [0.2, 0.25) is 0 Å². The molecule has 13 heavy (non-hydrogen) atoms. The van der Waals surface area contributed by atoms with E-state index in [-0.39, 0.29) is 0 Å². The van der Waals surface area contributed by atoms with E-state index in [2.05, 4.69) is 10.3 Å². The highest BCUT2D eigenvalue weighted by Gasteiger charge is 2.27. The summed E-state index contributed by atoms with van der Waals surface area (Å²) in [4.78, 5) is 4.03. The number of aliphatic hydroxyl groups is 1. The molecular formula is C7H14N2O3S. The maximum absolute atomic E-state index is 9.56. The van der Waals surface area contributed by atoms with Crippen LogP contribution in [0.25, 0.3) is 0 Å². The van der Waals surface area contributed by atoms with E-state index in [1.165, 1.54) is 0 Å². The summed E-state index contributed by atoms with van der Waals surface area (Å²) in [6, 6.07) is 0. The Morgan fingerprint density at radius 3 is 3.08 bits per heavy atom. The molecule has 1 aliphatic rings. The number of rotatable bonds is 3. The largest absolute Gasteiger partial charge is 0.470 e. The van der Waals surface area contributed by atoms with E-state index in [0.29, 0.717) is 25.1 Å². The van der Waals surface area contributed by atoms with Crippen LogP contribution in [0.4, 0.5) is 0 Å². The molecule has 0 fully saturated rings. The van der Waals surface area contributed by atoms with E-state index < -0.39 is 5.06 Å². The van der Waals surface area contributed by atoms with E-state index in [1.807, 2.05) is 0 Å². The van der Waals surface area contributed by atoms with E-state index in [9.17, 15) is 5.11 Å². The lowest BCUT2D eigenvalue weighted by molar-refractivity contribution is 0.116. The Morgan fingerprint density at radius 2 is 2.46 bits per heavy atom. The van der Waals surface area contributed by atoms with Crippen molar-refractivity contribution in [1.29, 1.82) is 0 Å². The molecule has 0 aliphatic carbocycles. The Hall–Kier alpha value is -0.300. The van der Waals surface area contributed by atoms with Crippen LogP contribution in [0, 0.1) is 0 Å². The van der Waals surface area contributed by atoms with Crippen LogP contribution in [-0.4, -0.2) is 42.4 Å². The summed E-state index contributed by atoms with van der Waals surface area (Å²) in [6.07, 6.45) is 0. The van der Waals surface area contributed by atoms with Gasteiger partial charge in [0.15, 0.2) is 5.06 Å². The number of hydrogen-bond acceptors (Lipinski definition) is 6. The fourth-order valence-electron chi connectivity index (χ4n) is 0.777. The fraction of sp³-hybridized carbons (Fsp3) is 0.857. The number of methoxy groups -OCH3 is 1. The Balaban J connectivity index is 2.30. The molecule has 76 valence electrons. The molecule has 1 aliphatic heterocycles. The quantitative estimate of drug-likeness (QED) is 0.635. The summed E-state index contributed by atoms with van der Waals surface area (Å²) in [7, 11) is 1.61. The first-order valence-electron chi connectivity index (χ1n) is 3.96. The zero-order valence-electron chi connectivity index (χ0n) is 7.74. The van der Waals surface area contributed by atoms with Crippen molar-refractivity contribution in [3.63, 3.8) is 0 Å². The highest BCUT2D eigenvalue weighted by atomic mass is 32.2. The molecule has 1 unspecified atom stereocenters. The second kappa shape index (κ2) is 4.80. The minimum atomic E-state index is -0.982. The van der Waals surface area contributed by atoms with Gasteiger partial charge in [-0.15, -0.1) is 0 Å². The van der Waals surface area contributed by atoms with Crippen LogP contribution in [0.3, 0.4) is 0 Å². The lowest BCUT2D eigenvalue weighted by atomic mass is 10.6. The van der Waals surface area contributed by atoms with E-state index in [0.717, 1.165) is 11.8 Å². The summed E-state index contributed by atoms with van der Waals surface area (Å²) in [5, 5.41) is 11.9. The Morgan fingerprint density at radius 1 is 1.69 bits per heavy atom. The van der Waals surface area contributed by atoms with Crippen LogP contribution in [0.2, 0.25) is 0 Å². The first-order valence-corrected chi connectivity index (χ1v) is 4.78. The monoisotopic (exact) mass is 206 g/mol. The third-order valence-corrected chi connectivity index (χ3v) is 2.38. The standard InChI is InChI=1S/C7H14N2O3S/c1-7(10)9-5-8-6(13-7)12-4-3-11-2/h9-10H,3-5H2,1-2H3. The van der Waals surface area contributed by atoms with Crippen molar-refractivity contribution in [2.24, 2.45) is 4.99 Å². The van der Waals surface area contributed by atoms with Gasteiger partial charge >= 0.3 is 0 Å². The normalized spacial score (nSPS) is 28.4. The van der Waals surface area contributed by atoms with Gasteiger partial charge in [-0.2, -0.15) is 0 Å². The van der Waals surface area contributed by atoms with Crippen LogP contribution < -0.4 is 5.32 Å². The summed E-state index contributed by atoms with van der Waals surface area (Å²) in [5.74, 6) is 0. The maximum atomic E-state index is 9.56. The molecule has 1 rings (SSSR count). The number of ether oxygens (including phenoxy) is 2. The second-order valence-corrected chi connectivity index (χ2v) is 4.03.